The highest BCUT2D eigenvalue weighted by molar-refractivity contribution is 5.93. The molecule has 3 rings (SSSR count). The number of rotatable bonds is 5. The number of ether oxygens (including phenoxy) is 2. The lowest BCUT2D eigenvalue weighted by Crippen LogP contribution is -2.04. The topological polar surface area (TPSA) is 64.2 Å². The summed E-state index contributed by atoms with van der Waals surface area (Å²) in [5.74, 6) is 1.16. The molecule has 0 radical (unpaired) electrons. The molecule has 3 aromatic rings. The van der Waals surface area contributed by atoms with Crippen molar-refractivity contribution >= 4 is 17.0 Å². The predicted octanol–water partition coefficient (Wildman–Crippen LogP) is 3.32. The number of esters is 1. The highest BCUT2D eigenvalue weighted by Crippen LogP contribution is 2.16. The van der Waals surface area contributed by atoms with Crippen LogP contribution in [0.25, 0.3) is 11.0 Å². The minimum absolute atomic E-state index is 0.332. The van der Waals surface area contributed by atoms with Crippen LogP contribution in [0.4, 0.5) is 0 Å². The van der Waals surface area contributed by atoms with Gasteiger partial charge in [0.25, 0.3) is 0 Å². The van der Waals surface area contributed by atoms with Crippen LogP contribution in [0.2, 0.25) is 0 Å². The number of hydrogen-bond acceptors (Lipinski definition) is 4. The van der Waals surface area contributed by atoms with E-state index in [-0.39, 0.29) is 5.97 Å². The van der Waals surface area contributed by atoms with Crippen molar-refractivity contribution in [2.45, 2.75) is 13.5 Å². The number of aromatic nitrogens is 2. The van der Waals surface area contributed by atoms with E-state index in [1.807, 2.05) is 30.3 Å². The molecule has 5 heteroatoms. The van der Waals surface area contributed by atoms with Crippen LogP contribution in [0.1, 0.15) is 23.1 Å². The molecule has 0 saturated carbocycles. The van der Waals surface area contributed by atoms with Gasteiger partial charge in [0.15, 0.2) is 0 Å². The maximum absolute atomic E-state index is 11.7. The molecule has 0 aliphatic rings. The minimum Gasteiger partial charge on any atom is -0.486 e. The number of carbonyl (C=O) groups is 1. The lowest BCUT2D eigenvalue weighted by Gasteiger charge is -2.02. The summed E-state index contributed by atoms with van der Waals surface area (Å²) in [4.78, 5) is 19.3. The van der Waals surface area contributed by atoms with Crippen LogP contribution in [0.3, 0.4) is 0 Å². The van der Waals surface area contributed by atoms with E-state index >= 15 is 0 Å². The smallest absolute Gasteiger partial charge is 0.338 e. The molecule has 1 heterocycles. The van der Waals surface area contributed by atoms with Gasteiger partial charge < -0.3 is 14.5 Å². The summed E-state index contributed by atoms with van der Waals surface area (Å²) in [7, 11) is 0. The summed E-state index contributed by atoms with van der Waals surface area (Å²) in [6.07, 6.45) is 0. The molecule has 0 aliphatic carbocycles. The quantitative estimate of drug-likeness (QED) is 0.734. The first-order valence-electron chi connectivity index (χ1n) is 7.10. The first-order valence-corrected chi connectivity index (χ1v) is 7.10. The molecular weight excluding hydrogens is 280 g/mol. The largest absolute Gasteiger partial charge is 0.486 e. The van der Waals surface area contributed by atoms with Crippen LogP contribution in [-0.2, 0) is 11.3 Å². The van der Waals surface area contributed by atoms with Gasteiger partial charge >= 0.3 is 5.97 Å². The summed E-state index contributed by atoms with van der Waals surface area (Å²) in [5, 5.41) is 0. The van der Waals surface area contributed by atoms with E-state index in [0.717, 1.165) is 16.8 Å². The maximum Gasteiger partial charge on any atom is 0.338 e. The van der Waals surface area contributed by atoms with Crippen molar-refractivity contribution in [1.29, 1.82) is 0 Å². The number of imidazole rings is 1. The van der Waals surface area contributed by atoms with Gasteiger partial charge in [-0.3, -0.25) is 0 Å². The molecule has 1 aromatic heterocycles. The normalized spacial score (nSPS) is 10.6. The molecule has 0 unspecified atom stereocenters. The Labute approximate surface area is 127 Å². The maximum atomic E-state index is 11.7. The molecule has 0 atom stereocenters. The average Bonchev–Trinajstić information content (AvgIpc) is 2.96. The van der Waals surface area contributed by atoms with Gasteiger partial charge in [0.2, 0.25) is 0 Å². The molecule has 112 valence electrons. The number of nitrogens with one attached hydrogen (secondary N) is 1. The van der Waals surface area contributed by atoms with Crippen LogP contribution in [-0.4, -0.2) is 22.5 Å². The van der Waals surface area contributed by atoms with E-state index in [1.54, 1.807) is 25.1 Å². The number of nitrogens with zero attached hydrogens (tertiary/aromatic N) is 1. The Balaban J connectivity index is 1.76. The number of fused-ring (bicyclic) bond motifs is 1. The second kappa shape index (κ2) is 6.30. The van der Waals surface area contributed by atoms with E-state index in [2.05, 4.69) is 9.97 Å². The Hall–Kier alpha value is -2.82. The number of benzene rings is 2. The highest BCUT2D eigenvalue weighted by atomic mass is 16.5. The standard InChI is InChI=1S/C17H16N2O3/c1-2-21-17(20)12-8-9-14-15(10-12)19-16(18-14)11-22-13-6-4-3-5-7-13/h3-10H,2,11H2,1H3,(H,18,19). The molecule has 1 N–H and O–H groups in total. The number of H-pyrrole nitrogens is 1. The zero-order valence-corrected chi connectivity index (χ0v) is 12.2. The third-order valence-corrected chi connectivity index (χ3v) is 3.16. The summed E-state index contributed by atoms with van der Waals surface area (Å²) in [5.41, 5.74) is 2.09. The first kappa shape index (κ1) is 14.1. The van der Waals surface area contributed by atoms with E-state index in [4.69, 9.17) is 9.47 Å². The van der Waals surface area contributed by atoms with Gasteiger partial charge in [-0.25, -0.2) is 9.78 Å². The molecular formula is C17H16N2O3. The van der Waals surface area contributed by atoms with Crippen molar-refractivity contribution in [3.8, 4) is 5.75 Å². The lowest BCUT2D eigenvalue weighted by atomic mass is 10.2. The molecule has 0 spiro atoms. The Morgan fingerprint density at radius 1 is 1.18 bits per heavy atom. The third kappa shape index (κ3) is 3.09. The van der Waals surface area contributed by atoms with E-state index < -0.39 is 0 Å². The minimum atomic E-state index is -0.332. The summed E-state index contributed by atoms with van der Waals surface area (Å²) >= 11 is 0. The number of carbonyl (C=O) groups excluding carboxylic acids is 1. The van der Waals surface area contributed by atoms with Crippen LogP contribution in [0.15, 0.2) is 48.5 Å². The summed E-state index contributed by atoms with van der Waals surface area (Å²) in [6.45, 7) is 2.48. The van der Waals surface area contributed by atoms with Crippen molar-refractivity contribution in [2.75, 3.05) is 6.61 Å². The fourth-order valence-corrected chi connectivity index (χ4v) is 2.14. The average molecular weight is 296 g/mol. The number of aromatic amines is 1. The zero-order valence-electron chi connectivity index (χ0n) is 12.2. The second-order valence-electron chi connectivity index (χ2n) is 4.74. The van der Waals surface area contributed by atoms with Gasteiger partial charge in [-0.05, 0) is 37.3 Å². The Bertz CT molecular complexity index is 781. The fourth-order valence-electron chi connectivity index (χ4n) is 2.14. The second-order valence-corrected chi connectivity index (χ2v) is 4.74. The molecule has 0 bridgehead atoms. The van der Waals surface area contributed by atoms with Crippen molar-refractivity contribution in [2.24, 2.45) is 0 Å². The lowest BCUT2D eigenvalue weighted by molar-refractivity contribution is 0.0526. The zero-order chi connectivity index (χ0) is 15.4. The molecule has 2 aromatic carbocycles. The van der Waals surface area contributed by atoms with Crippen LogP contribution >= 0.6 is 0 Å². The molecule has 5 nitrogen and oxygen atoms in total. The third-order valence-electron chi connectivity index (χ3n) is 3.16. The van der Waals surface area contributed by atoms with Crippen molar-refractivity contribution in [3.05, 3.63) is 59.9 Å². The van der Waals surface area contributed by atoms with E-state index in [0.29, 0.717) is 24.6 Å². The Kier molecular flexibility index (Phi) is 4.05. The summed E-state index contributed by atoms with van der Waals surface area (Å²) < 4.78 is 10.6. The van der Waals surface area contributed by atoms with Gasteiger partial charge in [0.1, 0.15) is 18.2 Å². The van der Waals surface area contributed by atoms with E-state index in [1.165, 1.54) is 0 Å². The molecule has 0 saturated heterocycles. The number of para-hydroxylation sites is 1. The molecule has 22 heavy (non-hydrogen) atoms. The van der Waals surface area contributed by atoms with Gasteiger partial charge in [0.05, 0.1) is 23.2 Å². The van der Waals surface area contributed by atoms with E-state index in [9.17, 15) is 4.79 Å². The molecule has 0 fully saturated rings. The summed E-state index contributed by atoms with van der Waals surface area (Å²) in [6, 6.07) is 14.8. The van der Waals surface area contributed by atoms with Crippen LogP contribution < -0.4 is 4.74 Å². The van der Waals surface area contributed by atoms with Crippen LogP contribution in [0.5, 0.6) is 5.75 Å². The van der Waals surface area contributed by atoms with Crippen LogP contribution in [0, 0.1) is 0 Å². The van der Waals surface area contributed by atoms with Crippen molar-refractivity contribution in [1.82, 2.24) is 9.97 Å². The van der Waals surface area contributed by atoms with Gasteiger partial charge in [-0.2, -0.15) is 0 Å². The molecule has 0 amide bonds. The Morgan fingerprint density at radius 3 is 2.77 bits per heavy atom. The fraction of sp³-hybridized carbons (Fsp3) is 0.176. The van der Waals surface area contributed by atoms with Crippen molar-refractivity contribution in [3.63, 3.8) is 0 Å². The Morgan fingerprint density at radius 2 is 2.00 bits per heavy atom. The monoisotopic (exact) mass is 296 g/mol. The van der Waals surface area contributed by atoms with Crippen molar-refractivity contribution < 1.29 is 14.3 Å². The predicted molar refractivity (Wildman–Crippen MR) is 82.8 cm³/mol. The highest BCUT2D eigenvalue weighted by Gasteiger charge is 2.10. The first-order chi connectivity index (χ1) is 10.8. The van der Waals surface area contributed by atoms with Gasteiger partial charge in [-0.1, -0.05) is 18.2 Å². The van der Waals surface area contributed by atoms with Gasteiger partial charge in [0, 0.05) is 0 Å². The molecule has 0 aliphatic heterocycles. The van der Waals surface area contributed by atoms with Gasteiger partial charge in [-0.15, -0.1) is 0 Å². The SMILES string of the molecule is CCOC(=O)c1ccc2nc(COc3ccccc3)[nH]c2c1. The number of hydrogen-bond donors (Lipinski definition) is 1.